The number of hydrogen-bond acceptors (Lipinski definition) is 5. The number of hydrogen-bond donors (Lipinski definition) is 1. The zero-order chi connectivity index (χ0) is 14.8. The van der Waals surface area contributed by atoms with Crippen LogP contribution in [0.2, 0.25) is 0 Å². The van der Waals surface area contributed by atoms with Crippen LogP contribution in [-0.2, 0) is 7.05 Å². The normalized spacial score (nSPS) is 10.6. The number of imidazole rings is 1. The number of anilines is 1. The van der Waals surface area contributed by atoms with E-state index in [1.165, 1.54) is 0 Å². The molecule has 0 atom stereocenters. The monoisotopic (exact) mass is 281 g/mol. The zero-order valence-electron chi connectivity index (χ0n) is 11.8. The number of rotatable bonds is 3. The molecule has 3 aromatic rings. The van der Waals surface area contributed by atoms with Crippen LogP contribution in [-0.4, -0.2) is 26.6 Å². The fraction of sp³-hybridized carbons (Fsp3) is 0.133. The number of ether oxygens (including phenoxy) is 1. The van der Waals surface area contributed by atoms with Crippen LogP contribution < -0.4 is 10.5 Å². The van der Waals surface area contributed by atoms with Gasteiger partial charge in [-0.05, 0) is 17.7 Å². The molecule has 1 aromatic carbocycles. The van der Waals surface area contributed by atoms with E-state index in [0.717, 1.165) is 22.7 Å². The zero-order valence-corrected chi connectivity index (χ0v) is 11.8. The fourth-order valence-electron chi connectivity index (χ4n) is 2.16. The maximum atomic E-state index is 5.73. The molecule has 2 heterocycles. The number of nitrogens with zero attached hydrogens (tertiary/aromatic N) is 4. The second kappa shape index (κ2) is 5.24. The lowest BCUT2D eigenvalue weighted by Crippen LogP contribution is -2.02. The van der Waals surface area contributed by atoms with Gasteiger partial charge in [0.2, 0.25) is 5.95 Å². The van der Waals surface area contributed by atoms with Gasteiger partial charge in [-0.3, -0.25) is 0 Å². The largest absolute Gasteiger partial charge is 0.497 e. The van der Waals surface area contributed by atoms with E-state index in [9.17, 15) is 0 Å². The molecule has 0 unspecified atom stereocenters. The SMILES string of the molecule is COc1cccc(-c2cnc(N)nc2-c2nccn2C)c1. The van der Waals surface area contributed by atoms with E-state index in [1.54, 1.807) is 19.5 Å². The van der Waals surface area contributed by atoms with Crippen molar-refractivity contribution < 1.29 is 4.74 Å². The van der Waals surface area contributed by atoms with Crippen LogP contribution in [0, 0.1) is 0 Å². The third-order valence-corrected chi connectivity index (χ3v) is 3.22. The maximum Gasteiger partial charge on any atom is 0.220 e. The molecule has 21 heavy (non-hydrogen) atoms. The molecule has 0 aliphatic rings. The lowest BCUT2D eigenvalue weighted by molar-refractivity contribution is 0.415. The molecule has 0 saturated heterocycles. The highest BCUT2D eigenvalue weighted by Crippen LogP contribution is 2.31. The van der Waals surface area contributed by atoms with Crippen LogP contribution in [0.1, 0.15) is 0 Å². The summed E-state index contributed by atoms with van der Waals surface area (Å²) in [6, 6.07) is 7.72. The number of methoxy groups -OCH3 is 1. The van der Waals surface area contributed by atoms with Gasteiger partial charge in [0.1, 0.15) is 11.4 Å². The molecular weight excluding hydrogens is 266 g/mol. The predicted molar refractivity (Wildman–Crippen MR) is 80.6 cm³/mol. The van der Waals surface area contributed by atoms with Crippen LogP contribution in [0.25, 0.3) is 22.6 Å². The number of nitrogen functional groups attached to an aromatic ring is 1. The minimum Gasteiger partial charge on any atom is -0.497 e. The van der Waals surface area contributed by atoms with Gasteiger partial charge >= 0.3 is 0 Å². The minimum absolute atomic E-state index is 0.222. The highest BCUT2D eigenvalue weighted by Gasteiger charge is 2.14. The summed E-state index contributed by atoms with van der Waals surface area (Å²) < 4.78 is 7.16. The molecule has 0 aliphatic carbocycles. The summed E-state index contributed by atoms with van der Waals surface area (Å²) in [7, 11) is 3.55. The first-order valence-corrected chi connectivity index (χ1v) is 6.43. The second-order valence-corrected chi connectivity index (χ2v) is 4.58. The van der Waals surface area contributed by atoms with E-state index >= 15 is 0 Å². The maximum absolute atomic E-state index is 5.73. The smallest absolute Gasteiger partial charge is 0.220 e. The molecule has 6 nitrogen and oxygen atoms in total. The first kappa shape index (κ1) is 13.1. The lowest BCUT2D eigenvalue weighted by atomic mass is 10.0. The molecule has 2 aromatic heterocycles. The summed E-state index contributed by atoms with van der Waals surface area (Å²) in [5.41, 5.74) is 8.24. The average Bonchev–Trinajstić information content (AvgIpc) is 2.93. The van der Waals surface area contributed by atoms with E-state index in [-0.39, 0.29) is 5.95 Å². The summed E-state index contributed by atoms with van der Waals surface area (Å²) in [5.74, 6) is 1.73. The molecule has 0 radical (unpaired) electrons. The molecule has 0 bridgehead atoms. The summed E-state index contributed by atoms with van der Waals surface area (Å²) >= 11 is 0. The summed E-state index contributed by atoms with van der Waals surface area (Å²) in [4.78, 5) is 12.8. The van der Waals surface area contributed by atoms with Crippen molar-refractivity contribution in [1.82, 2.24) is 19.5 Å². The Morgan fingerprint density at radius 2 is 2.10 bits per heavy atom. The van der Waals surface area contributed by atoms with Crippen LogP contribution in [0.3, 0.4) is 0 Å². The first-order chi connectivity index (χ1) is 10.2. The van der Waals surface area contributed by atoms with E-state index in [4.69, 9.17) is 10.5 Å². The molecule has 3 rings (SSSR count). The third kappa shape index (κ3) is 2.43. The molecule has 6 heteroatoms. The Morgan fingerprint density at radius 1 is 1.24 bits per heavy atom. The molecule has 0 fully saturated rings. The van der Waals surface area contributed by atoms with Crippen LogP contribution in [0.5, 0.6) is 5.75 Å². The van der Waals surface area contributed by atoms with Crippen molar-refractivity contribution in [2.24, 2.45) is 7.05 Å². The van der Waals surface area contributed by atoms with E-state index < -0.39 is 0 Å². The van der Waals surface area contributed by atoms with Crippen molar-refractivity contribution >= 4 is 5.95 Å². The van der Waals surface area contributed by atoms with Gasteiger partial charge in [-0.25, -0.2) is 15.0 Å². The van der Waals surface area contributed by atoms with Gasteiger partial charge in [-0.2, -0.15) is 0 Å². The summed E-state index contributed by atoms with van der Waals surface area (Å²) in [6.07, 6.45) is 5.30. The Hall–Kier alpha value is -2.89. The number of aryl methyl sites for hydroxylation is 1. The first-order valence-electron chi connectivity index (χ1n) is 6.43. The van der Waals surface area contributed by atoms with Crippen molar-refractivity contribution in [2.45, 2.75) is 0 Å². The standard InChI is InChI=1S/C15H15N5O/c1-20-7-6-17-14(20)13-12(9-18-15(16)19-13)10-4-3-5-11(8-10)21-2/h3-9H,1-2H3,(H2,16,18,19). The van der Waals surface area contributed by atoms with Gasteiger partial charge in [0.15, 0.2) is 5.82 Å². The van der Waals surface area contributed by atoms with Crippen LogP contribution in [0.15, 0.2) is 42.9 Å². The van der Waals surface area contributed by atoms with E-state index in [2.05, 4.69) is 15.0 Å². The molecule has 106 valence electrons. The van der Waals surface area contributed by atoms with Crippen LogP contribution in [0.4, 0.5) is 5.95 Å². The molecular formula is C15H15N5O. The van der Waals surface area contributed by atoms with Crippen molar-refractivity contribution in [3.63, 3.8) is 0 Å². The molecule has 0 aliphatic heterocycles. The Morgan fingerprint density at radius 3 is 2.81 bits per heavy atom. The lowest BCUT2D eigenvalue weighted by Gasteiger charge is -2.10. The quantitative estimate of drug-likeness (QED) is 0.795. The van der Waals surface area contributed by atoms with E-state index in [1.807, 2.05) is 42.1 Å². The van der Waals surface area contributed by atoms with Gasteiger partial charge in [-0.15, -0.1) is 0 Å². The van der Waals surface area contributed by atoms with Crippen molar-refractivity contribution in [1.29, 1.82) is 0 Å². The highest BCUT2D eigenvalue weighted by atomic mass is 16.5. The molecule has 0 saturated carbocycles. The Bertz CT molecular complexity index is 781. The Balaban J connectivity index is 2.21. The topological polar surface area (TPSA) is 78.8 Å². The fourth-order valence-corrected chi connectivity index (χ4v) is 2.16. The van der Waals surface area contributed by atoms with Gasteiger partial charge in [0.25, 0.3) is 0 Å². The minimum atomic E-state index is 0.222. The summed E-state index contributed by atoms with van der Waals surface area (Å²) in [5, 5.41) is 0. The second-order valence-electron chi connectivity index (χ2n) is 4.58. The molecule has 0 spiro atoms. The van der Waals surface area contributed by atoms with Crippen molar-refractivity contribution in [3.05, 3.63) is 42.9 Å². The summed E-state index contributed by atoms with van der Waals surface area (Å²) in [6.45, 7) is 0. The van der Waals surface area contributed by atoms with Gasteiger partial charge < -0.3 is 15.0 Å². The Kier molecular flexibility index (Phi) is 3.27. The molecule has 0 amide bonds. The predicted octanol–water partition coefficient (Wildman–Crippen LogP) is 2.13. The van der Waals surface area contributed by atoms with Gasteiger partial charge in [-0.1, -0.05) is 12.1 Å². The average molecular weight is 281 g/mol. The van der Waals surface area contributed by atoms with Gasteiger partial charge in [0, 0.05) is 31.2 Å². The van der Waals surface area contributed by atoms with Gasteiger partial charge in [0.05, 0.1) is 7.11 Å². The number of aromatic nitrogens is 4. The van der Waals surface area contributed by atoms with Crippen molar-refractivity contribution in [2.75, 3.05) is 12.8 Å². The van der Waals surface area contributed by atoms with E-state index in [0.29, 0.717) is 5.69 Å². The number of nitrogens with two attached hydrogens (primary N) is 1. The van der Waals surface area contributed by atoms with Crippen LogP contribution >= 0.6 is 0 Å². The molecule has 2 N–H and O–H groups in total. The third-order valence-electron chi connectivity index (χ3n) is 3.22. The van der Waals surface area contributed by atoms with Crippen molar-refractivity contribution in [3.8, 4) is 28.4 Å². The number of benzene rings is 1. The highest BCUT2D eigenvalue weighted by molar-refractivity contribution is 5.78. The Labute approximate surface area is 122 Å².